The molecule has 1 aromatic rings. The molecule has 1 atom stereocenters. The Morgan fingerprint density at radius 1 is 1.40 bits per heavy atom. The molecular weight excluding hydrogens is 286 g/mol. The SMILES string of the molecule is COC(=O)C(CO)NC(=O)Cc1cc(Cl)ccc1OC. The lowest BCUT2D eigenvalue weighted by Gasteiger charge is -2.14. The van der Waals surface area contributed by atoms with Gasteiger partial charge in [0.25, 0.3) is 0 Å². The summed E-state index contributed by atoms with van der Waals surface area (Å²) in [6.45, 7) is -0.537. The molecule has 0 heterocycles. The number of nitrogens with one attached hydrogen (secondary N) is 1. The maximum Gasteiger partial charge on any atom is 0.330 e. The molecular formula is C13H16ClNO5. The van der Waals surface area contributed by atoms with Crippen molar-refractivity contribution in [2.24, 2.45) is 0 Å². The number of hydrogen-bond donors (Lipinski definition) is 2. The predicted octanol–water partition coefficient (Wildman–Crippen LogP) is 0.541. The largest absolute Gasteiger partial charge is 0.496 e. The van der Waals surface area contributed by atoms with Crippen molar-refractivity contribution in [2.75, 3.05) is 20.8 Å². The van der Waals surface area contributed by atoms with Crippen molar-refractivity contribution in [2.45, 2.75) is 12.5 Å². The van der Waals surface area contributed by atoms with E-state index in [4.69, 9.17) is 21.4 Å². The number of methoxy groups -OCH3 is 2. The van der Waals surface area contributed by atoms with Gasteiger partial charge >= 0.3 is 5.97 Å². The molecule has 1 amide bonds. The van der Waals surface area contributed by atoms with Crippen LogP contribution in [0.15, 0.2) is 18.2 Å². The van der Waals surface area contributed by atoms with E-state index in [1.807, 2.05) is 0 Å². The van der Waals surface area contributed by atoms with Gasteiger partial charge in [0.15, 0.2) is 6.04 Å². The molecule has 6 nitrogen and oxygen atoms in total. The Kier molecular flexibility index (Phi) is 6.27. The summed E-state index contributed by atoms with van der Waals surface area (Å²) in [4.78, 5) is 23.1. The highest BCUT2D eigenvalue weighted by atomic mass is 35.5. The average molecular weight is 302 g/mol. The molecule has 1 aromatic carbocycles. The molecule has 0 fully saturated rings. The van der Waals surface area contributed by atoms with Crippen LogP contribution in [0.4, 0.5) is 0 Å². The van der Waals surface area contributed by atoms with Crippen LogP contribution in [0.5, 0.6) is 5.75 Å². The van der Waals surface area contributed by atoms with E-state index in [0.29, 0.717) is 16.3 Å². The van der Waals surface area contributed by atoms with Gasteiger partial charge < -0.3 is 19.9 Å². The zero-order chi connectivity index (χ0) is 15.1. The molecule has 0 saturated heterocycles. The molecule has 0 saturated carbocycles. The molecule has 0 aliphatic rings. The third-order valence-electron chi connectivity index (χ3n) is 2.60. The summed E-state index contributed by atoms with van der Waals surface area (Å²) in [6.07, 6.45) is -0.0305. The van der Waals surface area contributed by atoms with E-state index in [-0.39, 0.29) is 6.42 Å². The standard InChI is InChI=1S/C13H16ClNO5/c1-19-11-4-3-9(14)5-8(11)6-12(17)15-10(7-16)13(18)20-2/h3-5,10,16H,6-7H2,1-2H3,(H,15,17). The minimum absolute atomic E-state index is 0.0305. The van der Waals surface area contributed by atoms with Crippen LogP contribution in [-0.2, 0) is 20.7 Å². The van der Waals surface area contributed by atoms with Gasteiger partial charge in [-0.2, -0.15) is 0 Å². The Bertz CT molecular complexity index is 492. The molecule has 0 aliphatic carbocycles. The van der Waals surface area contributed by atoms with Gasteiger partial charge in [-0.3, -0.25) is 4.79 Å². The van der Waals surface area contributed by atoms with Gasteiger partial charge in [-0.15, -0.1) is 0 Å². The second kappa shape index (κ2) is 7.72. The highest BCUT2D eigenvalue weighted by Crippen LogP contribution is 2.23. The number of ether oxygens (including phenoxy) is 2. The predicted molar refractivity (Wildman–Crippen MR) is 72.7 cm³/mol. The first kappa shape index (κ1) is 16.3. The molecule has 110 valence electrons. The summed E-state index contributed by atoms with van der Waals surface area (Å²) in [5.41, 5.74) is 0.582. The fraction of sp³-hybridized carbons (Fsp3) is 0.385. The maximum absolute atomic E-state index is 11.9. The molecule has 0 radical (unpaired) electrons. The topological polar surface area (TPSA) is 84.9 Å². The number of aliphatic hydroxyl groups is 1. The van der Waals surface area contributed by atoms with Crippen LogP contribution in [0.25, 0.3) is 0 Å². The number of carbonyl (C=O) groups excluding carboxylic acids is 2. The summed E-state index contributed by atoms with van der Waals surface area (Å²) in [5, 5.41) is 11.9. The van der Waals surface area contributed by atoms with Gasteiger partial charge in [0.1, 0.15) is 5.75 Å². The Balaban J connectivity index is 2.75. The van der Waals surface area contributed by atoms with E-state index in [1.54, 1.807) is 18.2 Å². The molecule has 0 aliphatic heterocycles. The second-order valence-electron chi connectivity index (χ2n) is 3.96. The summed E-state index contributed by atoms with van der Waals surface area (Å²) in [6, 6.07) is 3.81. The smallest absolute Gasteiger partial charge is 0.330 e. The molecule has 0 spiro atoms. The summed E-state index contributed by atoms with van der Waals surface area (Å²) in [7, 11) is 2.66. The number of carbonyl (C=O) groups is 2. The first-order valence-corrected chi connectivity index (χ1v) is 6.20. The van der Waals surface area contributed by atoms with Gasteiger partial charge in [-0.25, -0.2) is 4.79 Å². The summed E-state index contributed by atoms with van der Waals surface area (Å²) >= 11 is 5.86. The third-order valence-corrected chi connectivity index (χ3v) is 2.83. The lowest BCUT2D eigenvalue weighted by atomic mass is 10.1. The number of amides is 1. The van der Waals surface area contributed by atoms with E-state index in [0.717, 1.165) is 0 Å². The van der Waals surface area contributed by atoms with Crippen LogP contribution in [0.3, 0.4) is 0 Å². The van der Waals surface area contributed by atoms with E-state index < -0.39 is 24.5 Å². The Labute approximate surface area is 121 Å². The Morgan fingerprint density at radius 2 is 2.10 bits per heavy atom. The first-order valence-electron chi connectivity index (χ1n) is 5.82. The zero-order valence-electron chi connectivity index (χ0n) is 11.2. The van der Waals surface area contributed by atoms with Crippen molar-refractivity contribution in [1.29, 1.82) is 0 Å². The number of hydrogen-bond acceptors (Lipinski definition) is 5. The highest BCUT2D eigenvalue weighted by Gasteiger charge is 2.21. The number of benzene rings is 1. The normalized spacial score (nSPS) is 11.6. The van der Waals surface area contributed by atoms with Gasteiger partial charge in [0, 0.05) is 10.6 Å². The van der Waals surface area contributed by atoms with Crippen molar-refractivity contribution in [1.82, 2.24) is 5.32 Å². The average Bonchev–Trinajstić information content (AvgIpc) is 2.44. The monoisotopic (exact) mass is 301 g/mol. The number of halogens is 1. The second-order valence-corrected chi connectivity index (χ2v) is 4.40. The molecule has 2 N–H and O–H groups in total. The third kappa shape index (κ3) is 4.40. The van der Waals surface area contributed by atoms with E-state index >= 15 is 0 Å². The maximum atomic E-state index is 11.9. The first-order chi connectivity index (χ1) is 9.51. The summed E-state index contributed by atoms with van der Waals surface area (Å²) in [5.74, 6) is -0.642. The van der Waals surface area contributed by atoms with Crippen LogP contribution in [0, 0.1) is 0 Å². The Morgan fingerprint density at radius 3 is 2.65 bits per heavy atom. The van der Waals surface area contributed by atoms with Crippen LogP contribution in [-0.4, -0.2) is 43.9 Å². The fourth-order valence-electron chi connectivity index (χ4n) is 1.63. The number of esters is 1. The molecule has 1 rings (SSSR count). The van der Waals surface area contributed by atoms with Crippen molar-refractivity contribution in [3.8, 4) is 5.75 Å². The minimum atomic E-state index is -1.09. The van der Waals surface area contributed by atoms with Gasteiger partial charge in [-0.05, 0) is 18.2 Å². The molecule has 20 heavy (non-hydrogen) atoms. The molecule has 1 unspecified atom stereocenters. The quantitative estimate of drug-likeness (QED) is 0.749. The number of aliphatic hydroxyl groups excluding tert-OH is 1. The van der Waals surface area contributed by atoms with Gasteiger partial charge in [0.2, 0.25) is 5.91 Å². The minimum Gasteiger partial charge on any atom is -0.496 e. The highest BCUT2D eigenvalue weighted by molar-refractivity contribution is 6.30. The molecule has 7 heteroatoms. The van der Waals surface area contributed by atoms with Crippen LogP contribution in [0.1, 0.15) is 5.56 Å². The molecule has 0 aromatic heterocycles. The lowest BCUT2D eigenvalue weighted by molar-refractivity contribution is -0.146. The van der Waals surface area contributed by atoms with Crippen molar-refractivity contribution in [3.63, 3.8) is 0 Å². The lowest BCUT2D eigenvalue weighted by Crippen LogP contribution is -2.44. The van der Waals surface area contributed by atoms with Gasteiger partial charge in [-0.1, -0.05) is 11.6 Å². The fourth-order valence-corrected chi connectivity index (χ4v) is 1.82. The van der Waals surface area contributed by atoms with Gasteiger partial charge in [0.05, 0.1) is 27.2 Å². The zero-order valence-corrected chi connectivity index (χ0v) is 11.9. The van der Waals surface area contributed by atoms with Crippen molar-refractivity contribution in [3.05, 3.63) is 28.8 Å². The van der Waals surface area contributed by atoms with E-state index in [9.17, 15) is 9.59 Å². The van der Waals surface area contributed by atoms with Crippen molar-refractivity contribution >= 4 is 23.5 Å². The molecule has 0 bridgehead atoms. The van der Waals surface area contributed by atoms with Crippen LogP contribution >= 0.6 is 11.6 Å². The van der Waals surface area contributed by atoms with E-state index in [1.165, 1.54) is 14.2 Å². The van der Waals surface area contributed by atoms with Crippen LogP contribution < -0.4 is 10.1 Å². The van der Waals surface area contributed by atoms with Crippen molar-refractivity contribution < 1.29 is 24.2 Å². The van der Waals surface area contributed by atoms with E-state index in [2.05, 4.69) is 10.1 Å². The summed E-state index contributed by atoms with van der Waals surface area (Å²) < 4.78 is 9.58. The Hall–Kier alpha value is -1.79. The van der Waals surface area contributed by atoms with Crippen LogP contribution in [0.2, 0.25) is 5.02 Å². The number of rotatable bonds is 6.